The van der Waals surface area contributed by atoms with Gasteiger partial charge in [-0.25, -0.2) is 14.3 Å². The van der Waals surface area contributed by atoms with Crippen molar-refractivity contribution in [3.63, 3.8) is 0 Å². The Morgan fingerprint density at radius 3 is 2.42 bits per heavy atom. The van der Waals surface area contributed by atoms with Gasteiger partial charge in [-0.05, 0) is 43.4 Å². The zero-order chi connectivity index (χ0) is 27.6. The molecule has 0 atom stereocenters. The highest BCUT2D eigenvalue weighted by molar-refractivity contribution is 7.18. The molecule has 1 aromatic carbocycles. The molecular weight excluding hydrogens is 524 g/mol. The Morgan fingerprint density at radius 2 is 1.73 bits per heavy atom. The summed E-state index contributed by atoms with van der Waals surface area (Å²) in [5, 5.41) is 4.61. The van der Waals surface area contributed by atoms with Gasteiger partial charge in [0.2, 0.25) is 5.91 Å². The van der Waals surface area contributed by atoms with Crippen LogP contribution in [0.2, 0.25) is 0 Å². The lowest BCUT2D eigenvalue weighted by Gasteiger charge is -2.37. The van der Waals surface area contributed by atoms with Crippen molar-refractivity contribution in [3.05, 3.63) is 59.7 Å². The maximum atomic E-state index is 14.0. The molecule has 3 aromatic heterocycles. The highest BCUT2D eigenvalue weighted by atomic mass is 32.1. The van der Waals surface area contributed by atoms with Crippen molar-refractivity contribution in [1.82, 2.24) is 14.6 Å². The molecule has 0 radical (unpaired) electrons. The van der Waals surface area contributed by atoms with Crippen LogP contribution in [0, 0.1) is 5.92 Å². The number of hydrogen-bond donors (Lipinski definition) is 0. The van der Waals surface area contributed by atoms with Gasteiger partial charge in [0, 0.05) is 53.7 Å². The summed E-state index contributed by atoms with van der Waals surface area (Å²) in [6, 6.07) is 13.7. The second kappa shape index (κ2) is 11.3. The molecule has 0 bridgehead atoms. The molecule has 206 valence electrons. The number of Topliss-reactive ketones (excluding diaryl/α,β-unsaturated/α-hetero) is 1. The number of ketones is 1. The summed E-state index contributed by atoms with van der Waals surface area (Å²) in [4.78, 5) is 46.6. The normalized spacial score (nSPS) is 16.8. The lowest BCUT2D eigenvalue weighted by molar-refractivity contribution is -0.125. The second-order valence-corrected chi connectivity index (χ2v) is 11.7. The van der Waals surface area contributed by atoms with Crippen molar-refractivity contribution in [1.29, 1.82) is 0 Å². The molecule has 4 aromatic rings. The van der Waals surface area contributed by atoms with Crippen LogP contribution in [0.5, 0.6) is 0 Å². The maximum Gasteiger partial charge on any atom is 0.350 e. The molecule has 6 rings (SSSR count). The van der Waals surface area contributed by atoms with E-state index in [1.54, 1.807) is 10.7 Å². The zero-order valence-corrected chi connectivity index (χ0v) is 23.4. The molecular formula is C31H32N4O4S. The number of carbonyl (C=O) groups excluding carboxylic acids is 3. The standard InChI is InChI=1S/C31H32N4O4S/c1-39-31(38)29-26(35(23-12-14-24(36)15-13-23)30(37)22-6-3-2-4-7-22)19-27(40-29)21-10-8-20(9-11-21)25-18-28-32-16-5-17-34(28)33-25/h5,8-11,16-19,22-23H,2-4,6-7,12-15H2,1H3. The number of fused-ring (bicyclic) bond motifs is 1. The van der Waals surface area contributed by atoms with Gasteiger partial charge >= 0.3 is 5.97 Å². The van der Waals surface area contributed by atoms with Crippen LogP contribution in [0.3, 0.4) is 0 Å². The molecule has 2 fully saturated rings. The number of rotatable bonds is 6. The Kier molecular flexibility index (Phi) is 7.47. The molecule has 40 heavy (non-hydrogen) atoms. The molecule has 2 saturated carbocycles. The topological polar surface area (TPSA) is 93.9 Å². The number of thiophene rings is 1. The molecule has 0 spiro atoms. The van der Waals surface area contributed by atoms with E-state index >= 15 is 0 Å². The van der Waals surface area contributed by atoms with Gasteiger partial charge in [0.05, 0.1) is 18.5 Å². The van der Waals surface area contributed by atoms with Crippen molar-refractivity contribution in [2.24, 2.45) is 5.92 Å². The van der Waals surface area contributed by atoms with Crippen LogP contribution in [0.25, 0.3) is 27.3 Å². The van der Waals surface area contributed by atoms with E-state index in [2.05, 4.69) is 10.1 Å². The van der Waals surface area contributed by atoms with Crippen LogP contribution in [0.15, 0.2) is 54.9 Å². The van der Waals surface area contributed by atoms with Crippen LogP contribution in [-0.4, -0.2) is 45.4 Å². The summed E-state index contributed by atoms with van der Waals surface area (Å²) in [7, 11) is 1.37. The number of carbonyl (C=O) groups is 3. The molecule has 9 heteroatoms. The quantitative estimate of drug-likeness (QED) is 0.257. The first kappa shape index (κ1) is 26.4. The SMILES string of the molecule is COC(=O)c1sc(-c2ccc(-c3cc4ncccn4n3)cc2)cc1N(C(=O)C1CCCCC1)C1CCC(=O)CC1. The van der Waals surface area contributed by atoms with E-state index in [-0.39, 0.29) is 23.7 Å². The van der Waals surface area contributed by atoms with Gasteiger partial charge in [-0.2, -0.15) is 5.10 Å². The Hall–Kier alpha value is -3.85. The highest BCUT2D eigenvalue weighted by Crippen LogP contribution is 2.41. The minimum atomic E-state index is -0.451. The molecule has 2 aliphatic carbocycles. The van der Waals surface area contributed by atoms with Gasteiger partial charge in [-0.3, -0.25) is 9.59 Å². The van der Waals surface area contributed by atoms with E-state index in [1.165, 1.54) is 18.4 Å². The first-order valence-corrected chi connectivity index (χ1v) is 14.8. The maximum absolute atomic E-state index is 14.0. The van der Waals surface area contributed by atoms with Gasteiger partial charge in [0.25, 0.3) is 0 Å². The second-order valence-electron chi connectivity index (χ2n) is 10.7. The summed E-state index contributed by atoms with van der Waals surface area (Å²) in [6.45, 7) is 0. The number of amides is 1. The van der Waals surface area contributed by atoms with Crippen LogP contribution < -0.4 is 4.90 Å². The van der Waals surface area contributed by atoms with Gasteiger partial charge in [-0.15, -0.1) is 11.3 Å². The number of nitrogens with zero attached hydrogens (tertiary/aromatic N) is 4. The van der Waals surface area contributed by atoms with E-state index < -0.39 is 5.97 Å². The average Bonchev–Trinajstić information content (AvgIpc) is 3.64. The molecule has 8 nitrogen and oxygen atoms in total. The van der Waals surface area contributed by atoms with E-state index in [4.69, 9.17) is 4.74 Å². The third-order valence-corrected chi connectivity index (χ3v) is 9.27. The number of benzene rings is 1. The van der Waals surface area contributed by atoms with Crippen LogP contribution in [0.1, 0.15) is 67.5 Å². The van der Waals surface area contributed by atoms with Crippen LogP contribution >= 0.6 is 11.3 Å². The summed E-state index contributed by atoms with van der Waals surface area (Å²) in [5.41, 5.74) is 4.11. The summed E-state index contributed by atoms with van der Waals surface area (Å²) >= 11 is 1.34. The average molecular weight is 557 g/mol. The Morgan fingerprint density at radius 1 is 1.00 bits per heavy atom. The number of esters is 1. The highest BCUT2D eigenvalue weighted by Gasteiger charge is 2.37. The smallest absolute Gasteiger partial charge is 0.350 e. The lowest BCUT2D eigenvalue weighted by atomic mass is 9.86. The van der Waals surface area contributed by atoms with Crippen molar-refractivity contribution >= 4 is 40.3 Å². The van der Waals surface area contributed by atoms with Crippen molar-refractivity contribution in [2.45, 2.75) is 63.8 Å². The third kappa shape index (κ3) is 5.18. The summed E-state index contributed by atoms with van der Waals surface area (Å²) in [5.74, 6) is -0.195. The summed E-state index contributed by atoms with van der Waals surface area (Å²) in [6.07, 6.45) is 10.7. The largest absolute Gasteiger partial charge is 0.465 e. The fourth-order valence-electron chi connectivity index (χ4n) is 5.94. The number of ether oxygens (including phenoxy) is 1. The zero-order valence-electron chi connectivity index (χ0n) is 22.5. The van der Waals surface area contributed by atoms with Gasteiger partial charge < -0.3 is 9.64 Å². The number of anilines is 1. The fraction of sp³-hybridized carbons (Fsp3) is 0.387. The van der Waals surface area contributed by atoms with Crippen molar-refractivity contribution < 1.29 is 19.1 Å². The molecule has 0 N–H and O–H groups in total. The fourth-order valence-corrected chi connectivity index (χ4v) is 7.02. The van der Waals surface area contributed by atoms with E-state index in [9.17, 15) is 14.4 Å². The summed E-state index contributed by atoms with van der Waals surface area (Å²) < 4.78 is 6.92. The predicted octanol–water partition coefficient (Wildman–Crippen LogP) is 6.34. The van der Waals surface area contributed by atoms with E-state index in [0.717, 1.165) is 59.4 Å². The van der Waals surface area contributed by atoms with Crippen LogP contribution in [0.4, 0.5) is 5.69 Å². The van der Waals surface area contributed by atoms with Gasteiger partial charge in [-0.1, -0.05) is 43.5 Å². The molecule has 0 unspecified atom stereocenters. The number of methoxy groups -OCH3 is 1. The van der Waals surface area contributed by atoms with E-state index in [1.807, 2.05) is 53.6 Å². The Bertz CT molecular complexity index is 1510. The molecule has 1 amide bonds. The van der Waals surface area contributed by atoms with E-state index in [0.29, 0.717) is 36.2 Å². The van der Waals surface area contributed by atoms with Crippen molar-refractivity contribution in [3.8, 4) is 21.7 Å². The Labute approximate surface area is 237 Å². The third-order valence-electron chi connectivity index (χ3n) is 8.11. The van der Waals surface area contributed by atoms with Crippen LogP contribution in [-0.2, 0) is 14.3 Å². The molecule has 2 aliphatic rings. The first-order valence-electron chi connectivity index (χ1n) is 14.0. The van der Waals surface area contributed by atoms with Gasteiger partial charge in [0.1, 0.15) is 10.7 Å². The molecule has 3 heterocycles. The Balaban J connectivity index is 1.36. The predicted molar refractivity (Wildman–Crippen MR) is 154 cm³/mol. The molecule has 0 saturated heterocycles. The number of aromatic nitrogens is 3. The van der Waals surface area contributed by atoms with Gasteiger partial charge in [0.15, 0.2) is 5.65 Å². The minimum absolute atomic E-state index is 0.0561. The monoisotopic (exact) mass is 556 g/mol. The molecule has 0 aliphatic heterocycles. The first-order chi connectivity index (χ1) is 19.5. The number of hydrogen-bond acceptors (Lipinski definition) is 7. The lowest BCUT2D eigenvalue weighted by Crippen LogP contribution is -2.46. The van der Waals surface area contributed by atoms with Crippen molar-refractivity contribution in [2.75, 3.05) is 12.0 Å². The minimum Gasteiger partial charge on any atom is -0.465 e.